The fourth-order valence-electron chi connectivity index (χ4n) is 1.95. The maximum absolute atomic E-state index is 6.10. The molecule has 16 heavy (non-hydrogen) atoms. The highest BCUT2D eigenvalue weighted by atomic mass is 32.2. The Labute approximate surface area is 102 Å². The topological polar surface area (TPSA) is 29.3 Å². The summed E-state index contributed by atoms with van der Waals surface area (Å²) in [5, 5.41) is 0. The normalized spacial score (nSPS) is 17.8. The summed E-state index contributed by atoms with van der Waals surface area (Å²) in [4.78, 5) is 3.64. The Bertz CT molecular complexity index is 343. The molecule has 1 saturated carbocycles. The van der Waals surface area contributed by atoms with Crippen molar-refractivity contribution in [1.82, 2.24) is 4.90 Å². The third kappa shape index (κ3) is 3.24. The SMILES string of the molecule is CSc1ccc(CN(C)CC2(N)CC2)cc1. The molecular formula is C13H20N2S. The van der Waals surface area contributed by atoms with Crippen molar-refractivity contribution in [3.8, 4) is 0 Å². The van der Waals surface area contributed by atoms with E-state index in [1.165, 1.54) is 23.3 Å². The number of hydrogen-bond donors (Lipinski definition) is 1. The minimum absolute atomic E-state index is 0.119. The molecule has 2 nitrogen and oxygen atoms in total. The first-order valence-electron chi connectivity index (χ1n) is 5.72. The van der Waals surface area contributed by atoms with Crippen molar-refractivity contribution in [3.63, 3.8) is 0 Å². The van der Waals surface area contributed by atoms with Gasteiger partial charge in [-0.3, -0.25) is 0 Å². The number of likely N-dealkylation sites (N-methyl/N-ethyl adjacent to an activating group) is 1. The maximum atomic E-state index is 6.10. The predicted molar refractivity (Wildman–Crippen MR) is 70.7 cm³/mol. The molecule has 3 heteroatoms. The van der Waals surface area contributed by atoms with Gasteiger partial charge >= 0.3 is 0 Å². The molecule has 0 spiro atoms. The minimum Gasteiger partial charge on any atom is -0.324 e. The fraction of sp³-hybridized carbons (Fsp3) is 0.538. The first-order chi connectivity index (χ1) is 7.61. The second kappa shape index (κ2) is 4.78. The predicted octanol–water partition coefficient (Wildman–Crippen LogP) is 2.33. The van der Waals surface area contributed by atoms with Crippen LogP contribution in [0.2, 0.25) is 0 Å². The summed E-state index contributed by atoms with van der Waals surface area (Å²) in [6.45, 7) is 2.00. The third-order valence-electron chi connectivity index (χ3n) is 3.09. The number of thioether (sulfide) groups is 1. The number of hydrogen-bond acceptors (Lipinski definition) is 3. The maximum Gasteiger partial charge on any atom is 0.0284 e. The second-order valence-corrected chi connectivity index (χ2v) is 5.76. The molecule has 1 fully saturated rings. The molecule has 0 atom stereocenters. The van der Waals surface area contributed by atoms with E-state index in [1.807, 2.05) is 0 Å². The number of rotatable bonds is 5. The fourth-order valence-corrected chi connectivity index (χ4v) is 2.36. The van der Waals surface area contributed by atoms with E-state index in [-0.39, 0.29) is 5.54 Å². The lowest BCUT2D eigenvalue weighted by atomic mass is 10.2. The van der Waals surface area contributed by atoms with Gasteiger partial charge in [-0.05, 0) is 43.8 Å². The van der Waals surface area contributed by atoms with Crippen molar-refractivity contribution in [1.29, 1.82) is 0 Å². The smallest absolute Gasteiger partial charge is 0.0284 e. The van der Waals surface area contributed by atoms with Crippen LogP contribution >= 0.6 is 11.8 Å². The zero-order chi connectivity index (χ0) is 11.6. The van der Waals surface area contributed by atoms with E-state index in [1.54, 1.807) is 11.8 Å². The summed E-state index contributed by atoms with van der Waals surface area (Å²) in [7, 11) is 2.15. The van der Waals surface area contributed by atoms with Crippen molar-refractivity contribution in [2.45, 2.75) is 29.8 Å². The van der Waals surface area contributed by atoms with Crippen LogP contribution in [-0.2, 0) is 6.54 Å². The first kappa shape index (κ1) is 12.0. The second-order valence-electron chi connectivity index (χ2n) is 4.88. The molecule has 0 heterocycles. The Kier molecular flexibility index (Phi) is 3.57. The monoisotopic (exact) mass is 236 g/mol. The Morgan fingerprint density at radius 1 is 1.31 bits per heavy atom. The van der Waals surface area contributed by atoms with Gasteiger partial charge in [-0.1, -0.05) is 12.1 Å². The van der Waals surface area contributed by atoms with E-state index in [0.29, 0.717) is 0 Å². The van der Waals surface area contributed by atoms with Gasteiger partial charge in [-0.2, -0.15) is 0 Å². The molecule has 1 aliphatic carbocycles. The highest BCUT2D eigenvalue weighted by molar-refractivity contribution is 7.98. The molecule has 1 aromatic carbocycles. The Morgan fingerprint density at radius 3 is 2.44 bits per heavy atom. The summed E-state index contributed by atoms with van der Waals surface area (Å²) >= 11 is 1.78. The third-order valence-corrected chi connectivity index (χ3v) is 3.83. The molecule has 0 aliphatic heterocycles. The molecular weight excluding hydrogens is 216 g/mol. The standard InChI is InChI=1S/C13H20N2S/c1-15(10-13(14)7-8-13)9-11-3-5-12(16-2)6-4-11/h3-6H,7-10,14H2,1-2H3. The molecule has 0 radical (unpaired) electrons. The number of benzene rings is 1. The molecule has 0 bridgehead atoms. The summed E-state index contributed by atoms with van der Waals surface area (Å²) in [6.07, 6.45) is 4.47. The van der Waals surface area contributed by atoms with E-state index in [4.69, 9.17) is 5.73 Å². The van der Waals surface area contributed by atoms with Gasteiger partial charge in [-0.15, -0.1) is 11.8 Å². The lowest BCUT2D eigenvalue weighted by molar-refractivity contribution is 0.295. The highest BCUT2D eigenvalue weighted by Gasteiger charge is 2.38. The van der Waals surface area contributed by atoms with Crippen LogP contribution in [0.25, 0.3) is 0 Å². The van der Waals surface area contributed by atoms with Gasteiger partial charge in [0.05, 0.1) is 0 Å². The molecule has 0 unspecified atom stereocenters. The molecule has 2 N–H and O–H groups in total. The number of nitrogens with two attached hydrogens (primary N) is 1. The van der Waals surface area contributed by atoms with Gasteiger partial charge in [0.2, 0.25) is 0 Å². The lowest BCUT2D eigenvalue weighted by Crippen LogP contribution is -2.36. The molecule has 0 aromatic heterocycles. The van der Waals surface area contributed by atoms with Gasteiger partial charge in [0.25, 0.3) is 0 Å². The summed E-state index contributed by atoms with van der Waals surface area (Å²) in [5.74, 6) is 0. The summed E-state index contributed by atoms with van der Waals surface area (Å²) in [5.41, 5.74) is 7.59. The largest absolute Gasteiger partial charge is 0.324 e. The van der Waals surface area contributed by atoms with Crippen LogP contribution in [0.4, 0.5) is 0 Å². The van der Waals surface area contributed by atoms with Gasteiger partial charge in [-0.25, -0.2) is 0 Å². The van der Waals surface area contributed by atoms with Crippen molar-refractivity contribution in [2.75, 3.05) is 19.8 Å². The van der Waals surface area contributed by atoms with Crippen LogP contribution in [0, 0.1) is 0 Å². The van der Waals surface area contributed by atoms with E-state index in [2.05, 4.69) is 42.5 Å². The highest BCUT2D eigenvalue weighted by Crippen LogP contribution is 2.32. The first-order valence-corrected chi connectivity index (χ1v) is 6.94. The molecule has 88 valence electrons. The van der Waals surface area contributed by atoms with Crippen LogP contribution in [0.5, 0.6) is 0 Å². The van der Waals surface area contributed by atoms with Crippen LogP contribution in [-0.4, -0.2) is 30.3 Å². The lowest BCUT2D eigenvalue weighted by Gasteiger charge is -2.20. The van der Waals surface area contributed by atoms with Gasteiger partial charge in [0.15, 0.2) is 0 Å². The van der Waals surface area contributed by atoms with Gasteiger partial charge in [0, 0.05) is 23.5 Å². The van der Waals surface area contributed by atoms with E-state index < -0.39 is 0 Å². The molecule has 0 saturated heterocycles. The van der Waals surface area contributed by atoms with E-state index in [0.717, 1.165) is 13.1 Å². The Hall–Kier alpha value is -0.510. The molecule has 1 aromatic rings. The average Bonchev–Trinajstić information content (AvgIpc) is 2.96. The van der Waals surface area contributed by atoms with E-state index >= 15 is 0 Å². The molecule has 0 amide bonds. The zero-order valence-corrected chi connectivity index (χ0v) is 10.9. The molecule has 1 aliphatic rings. The minimum atomic E-state index is 0.119. The van der Waals surface area contributed by atoms with Crippen molar-refractivity contribution in [2.24, 2.45) is 5.73 Å². The summed E-state index contributed by atoms with van der Waals surface area (Å²) in [6, 6.07) is 8.78. The van der Waals surface area contributed by atoms with Crippen molar-refractivity contribution in [3.05, 3.63) is 29.8 Å². The Balaban J connectivity index is 1.87. The number of nitrogens with zero attached hydrogens (tertiary/aromatic N) is 1. The van der Waals surface area contributed by atoms with Gasteiger partial charge < -0.3 is 10.6 Å². The van der Waals surface area contributed by atoms with Gasteiger partial charge in [0.1, 0.15) is 0 Å². The van der Waals surface area contributed by atoms with Crippen LogP contribution in [0.1, 0.15) is 18.4 Å². The van der Waals surface area contributed by atoms with Crippen LogP contribution < -0.4 is 5.73 Å². The molecule has 2 rings (SSSR count). The average molecular weight is 236 g/mol. The zero-order valence-electron chi connectivity index (χ0n) is 10.1. The quantitative estimate of drug-likeness (QED) is 0.796. The van der Waals surface area contributed by atoms with E-state index in [9.17, 15) is 0 Å². The van der Waals surface area contributed by atoms with Crippen molar-refractivity contribution >= 4 is 11.8 Å². The van der Waals surface area contributed by atoms with Crippen LogP contribution in [0.15, 0.2) is 29.2 Å². The summed E-state index contributed by atoms with van der Waals surface area (Å²) < 4.78 is 0. The van der Waals surface area contributed by atoms with Crippen molar-refractivity contribution < 1.29 is 0 Å². The van der Waals surface area contributed by atoms with Crippen LogP contribution in [0.3, 0.4) is 0 Å². The Morgan fingerprint density at radius 2 is 1.94 bits per heavy atom.